The lowest BCUT2D eigenvalue weighted by Gasteiger charge is -2.23. The van der Waals surface area contributed by atoms with Crippen molar-refractivity contribution >= 4 is 16.9 Å². The standard InChI is InChI=1S/C20H21FN4O2/c21-14-6-7-16-17(10-14)24-20(23-16)18-5-2-8-25(18)11-13-3-1-4-15(9-13)27-12-19(22)26/h1,3-4,6-7,9-10,18H,2,5,8,11-12H2,(H2,22,26)(H,23,24)/t18-/m1/s1. The van der Waals surface area contributed by atoms with Gasteiger partial charge in [0.05, 0.1) is 17.1 Å². The van der Waals surface area contributed by atoms with E-state index in [1.807, 2.05) is 24.3 Å². The molecule has 3 N–H and O–H groups in total. The molecule has 1 fully saturated rings. The van der Waals surface area contributed by atoms with E-state index in [0.29, 0.717) is 5.75 Å². The highest BCUT2D eigenvalue weighted by Gasteiger charge is 2.28. The first-order valence-electron chi connectivity index (χ1n) is 8.98. The number of halogens is 1. The highest BCUT2D eigenvalue weighted by atomic mass is 19.1. The summed E-state index contributed by atoms with van der Waals surface area (Å²) >= 11 is 0. The van der Waals surface area contributed by atoms with Gasteiger partial charge in [-0.3, -0.25) is 9.69 Å². The van der Waals surface area contributed by atoms with Gasteiger partial charge in [0.15, 0.2) is 6.61 Å². The number of aromatic amines is 1. The topological polar surface area (TPSA) is 84.2 Å². The van der Waals surface area contributed by atoms with Gasteiger partial charge in [0.2, 0.25) is 0 Å². The number of amides is 1. The van der Waals surface area contributed by atoms with E-state index in [1.165, 1.54) is 12.1 Å². The van der Waals surface area contributed by atoms with Crippen molar-refractivity contribution in [2.45, 2.75) is 25.4 Å². The number of imidazole rings is 1. The van der Waals surface area contributed by atoms with Gasteiger partial charge in [-0.15, -0.1) is 0 Å². The van der Waals surface area contributed by atoms with Crippen molar-refractivity contribution in [1.82, 2.24) is 14.9 Å². The molecule has 1 aliphatic rings. The number of H-pyrrole nitrogens is 1. The van der Waals surface area contributed by atoms with E-state index in [9.17, 15) is 9.18 Å². The maximum Gasteiger partial charge on any atom is 0.255 e. The predicted molar refractivity (Wildman–Crippen MR) is 99.6 cm³/mol. The highest BCUT2D eigenvalue weighted by molar-refractivity contribution is 5.75. The number of carbonyl (C=O) groups is 1. The minimum Gasteiger partial charge on any atom is -0.484 e. The quantitative estimate of drug-likeness (QED) is 0.701. The van der Waals surface area contributed by atoms with Crippen LogP contribution in [0.15, 0.2) is 42.5 Å². The van der Waals surface area contributed by atoms with Gasteiger partial charge in [0.1, 0.15) is 17.4 Å². The first kappa shape index (κ1) is 17.5. The zero-order chi connectivity index (χ0) is 18.8. The lowest BCUT2D eigenvalue weighted by atomic mass is 10.1. The van der Waals surface area contributed by atoms with Crippen molar-refractivity contribution in [3.05, 3.63) is 59.7 Å². The van der Waals surface area contributed by atoms with Crippen LogP contribution in [0.1, 0.15) is 30.3 Å². The summed E-state index contributed by atoms with van der Waals surface area (Å²) in [5, 5.41) is 0. The smallest absolute Gasteiger partial charge is 0.255 e. The summed E-state index contributed by atoms with van der Waals surface area (Å²) in [6.45, 7) is 1.57. The number of aromatic nitrogens is 2. The van der Waals surface area contributed by atoms with Crippen LogP contribution in [-0.4, -0.2) is 33.9 Å². The zero-order valence-corrected chi connectivity index (χ0v) is 14.8. The van der Waals surface area contributed by atoms with Gasteiger partial charge in [0, 0.05) is 6.54 Å². The van der Waals surface area contributed by atoms with Crippen molar-refractivity contribution in [3.63, 3.8) is 0 Å². The number of rotatable bonds is 6. The first-order chi connectivity index (χ1) is 13.1. The Labute approximate surface area is 156 Å². The molecule has 1 saturated heterocycles. The zero-order valence-electron chi connectivity index (χ0n) is 14.8. The number of nitrogens with one attached hydrogen (secondary N) is 1. The van der Waals surface area contributed by atoms with E-state index in [4.69, 9.17) is 10.5 Å². The third kappa shape index (κ3) is 3.93. The van der Waals surface area contributed by atoms with Crippen molar-refractivity contribution in [1.29, 1.82) is 0 Å². The Kier molecular flexibility index (Phi) is 4.77. The van der Waals surface area contributed by atoms with Gasteiger partial charge < -0.3 is 15.5 Å². The maximum atomic E-state index is 13.4. The average molecular weight is 368 g/mol. The molecule has 1 aromatic heterocycles. The summed E-state index contributed by atoms with van der Waals surface area (Å²) in [4.78, 5) is 21.2. The van der Waals surface area contributed by atoms with E-state index in [-0.39, 0.29) is 18.5 Å². The fourth-order valence-electron chi connectivity index (χ4n) is 3.61. The SMILES string of the molecule is NC(=O)COc1cccc(CN2CCC[C@@H]2c2nc3ccc(F)cc3[nH]2)c1. The van der Waals surface area contributed by atoms with E-state index < -0.39 is 5.91 Å². The first-order valence-corrected chi connectivity index (χ1v) is 8.98. The van der Waals surface area contributed by atoms with Crippen LogP contribution in [0.25, 0.3) is 11.0 Å². The summed E-state index contributed by atoms with van der Waals surface area (Å²) in [6.07, 6.45) is 2.08. The molecule has 0 radical (unpaired) electrons. The van der Waals surface area contributed by atoms with Crippen LogP contribution in [0, 0.1) is 5.82 Å². The molecule has 0 saturated carbocycles. The normalized spacial score (nSPS) is 17.4. The molecule has 2 aromatic carbocycles. The molecule has 0 unspecified atom stereocenters. The average Bonchev–Trinajstić information content (AvgIpc) is 3.26. The molecule has 1 atom stereocenters. The number of likely N-dealkylation sites (tertiary alicyclic amines) is 1. The van der Waals surface area contributed by atoms with Crippen molar-refractivity contribution < 1.29 is 13.9 Å². The van der Waals surface area contributed by atoms with E-state index in [0.717, 1.165) is 48.4 Å². The van der Waals surface area contributed by atoms with E-state index >= 15 is 0 Å². The Morgan fingerprint density at radius 3 is 3.07 bits per heavy atom. The van der Waals surface area contributed by atoms with Crippen molar-refractivity contribution in [2.75, 3.05) is 13.2 Å². The Hall–Kier alpha value is -2.93. The second-order valence-electron chi connectivity index (χ2n) is 6.81. The molecule has 3 aromatic rings. The molecular weight excluding hydrogens is 347 g/mol. The van der Waals surface area contributed by atoms with Gasteiger partial charge in [-0.25, -0.2) is 9.37 Å². The number of nitrogens with two attached hydrogens (primary N) is 1. The van der Waals surface area contributed by atoms with E-state index in [2.05, 4.69) is 14.9 Å². The summed E-state index contributed by atoms with van der Waals surface area (Å²) in [6, 6.07) is 12.4. The van der Waals surface area contributed by atoms with Gasteiger partial charge >= 0.3 is 0 Å². The van der Waals surface area contributed by atoms with Crippen LogP contribution in [0.2, 0.25) is 0 Å². The summed E-state index contributed by atoms with van der Waals surface area (Å²) in [7, 11) is 0. The molecular formula is C20H21FN4O2. The van der Waals surface area contributed by atoms with Crippen LogP contribution in [0.5, 0.6) is 5.75 Å². The Morgan fingerprint density at radius 2 is 2.22 bits per heavy atom. The lowest BCUT2D eigenvalue weighted by molar-refractivity contribution is -0.119. The Balaban J connectivity index is 1.51. The molecule has 1 amide bonds. The van der Waals surface area contributed by atoms with Crippen molar-refractivity contribution in [3.8, 4) is 5.75 Å². The molecule has 6 nitrogen and oxygen atoms in total. The number of carbonyl (C=O) groups excluding carboxylic acids is 1. The second kappa shape index (κ2) is 7.36. The number of ether oxygens (including phenoxy) is 1. The predicted octanol–water partition coefficient (Wildman–Crippen LogP) is 2.90. The summed E-state index contributed by atoms with van der Waals surface area (Å²) in [5.41, 5.74) is 7.72. The van der Waals surface area contributed by atoms with Gasteiger partial charge in [-0.1, -0.05) is 12.1 Å². The molecule has 4 rings (SSSR count). The van der Waals surface area contributed by atoms with Crippen LogP contribution < -0.4 is 10.5 Å². The largest absolute Gasteiger partial charge is 0.484 e. The molecule has 0 spiro atoms. The van der Waals surface area contributed by atoms with Gasteiger partial charge in [-0.2, -0.15) is 0 Å². The molecule has 27 heavy (non-hydrogen) atoms. The number of fused-ring (bicyclic) bond motifs is 1. The Morgan fingerprint density at radius 1 is 1.33 bits per heavy atom. The fourth-order valence-corrected chi connectivity index (χ4v) is 3.61. The van der Waals surface area contributed by atoms with Crippen LogP contribution >= 0.6 is 0 Å². The van der Waals surface area contributed by atoms with Crippen LogP contribution in [0.4, 0.5) is 4.39 Å². The number of hydrogen-bond acceptors (Lipinski definition) is 4. The molecule has 0 bridgehead atoms. The molecule has 1 aliphatic heterocycles. The summed E-state index contributed by atoms with van der Waals surface area (Å²) < 4.78 is 18.8. The maximum absolute atomic E-state index is 13.4. The van der Waals surface area contributed by atoms with Gasteiger partial charge in [0.25, 0.3) is 5.91 Å². The molecule has 0 aliphatic carbocycles. The number of primary amides is 1. The molecule has 140 valence electrons. The monoisotopic (exact) mass is 368 g/mol. The second-order valence-corrected chi connectivity index (χ2v) is 6.81. The third-order valence-electron chi connectivity index (χ3n) is 4.81. The van der Waals surface area contributed by atoms with Crippen molar-refractivity contribution in [2.24, 2.45) is 5.73 Å². The third-order valence-corrected chi connectivity index (χ3v) is 4.81. The minimum atomic E-state index is -0.499. The van der Waals surface area contributed by atoms with Crippen LogP contribution in [0.3, 0.4) is 0 Å². The number of hydrogen-bond donors (Lipinski definition) is 2. The lowest BCUT2D eigenvalue weighted by Crippen LogP contribution is -2.23. The molecule has 7 heteroatoms. The molecule has 2 heterocycles. The summed E-state index contributed by atoms with van der Waals surface area (Å²) in [5.74, 6) is 0.727. The van der Waals surface area contributed by atoms with E-state index in [1.54, 1.807) is 6.07 Å². The van der Waals surface area contributed by atoms with Gasteiger partial charge in [-0.05, 0) is 55.3 Å². The highest BCUT2D eigenvalue weighted by Crippen LogP contribution is 2.33. The Bertz CT molecular complexity index is 972. The van der Waals surface area contributed by atoms with Crippen LogP contribution in [-0.2, 0) is 11.3 Å². The number of benzene rings is 2. The number of nitrogens with zero attached hydrogens (tertiary/aromatic N) is 2. The fraction of sp³-hybridized carbons (Fsp3) is 0.300. The minimum absolute atomic E-state index is 0.134.